The molecule has 2 aromatic rings. The van der Waals surface area contributed by atoms with Crippen molar-refractivity contribution in [1.82, 2.24) is 4.90 Å². The lowest BCUT2D eigenvalue weighted by atomic mass is 10.2. The van der Waals surface area contributed by atoms with Crippen molar-refractivity contribution >= 4 is 21.6 Å². The lowest BCUT2D eigenvalue weighted by Gasteiger charge is -2.23. The highest BCUT2D eigenvalue weighted by Crippen LogP contribution is 2.28. The molecule has 0 aliphatic heterocycles. The molecule has 2 rings (SSSR count). The van der Waals surface area contributed by atoms with Crippen molar-refractivity contribution in [2.75, 3.05) is 38.9 Å². The smallest absolute Gasteiger partial charge is 0.263 e. The monoisotopic (exact) mass is 436 g/mol. The Bertz CT molecular complexity index is 975. The van der Waals surface area contributed by atoms with Crippen LogP contribution in [0.2, 0.25) is 0 Å². The number of amides is 1. The van der Waals surface area contributed by atoms with Crippen LogP contribution in [-0.4, -0.2) is 59.9 Å². The Morgan fingerprint density at radius 3 is 2.13 bits per heavy atom. The van der Waals surface area contributed by atoms with Gasteiger partial charge in [-0.05, 0) is 48.9 Å². The Labute approximate surface area is 178 Å². The van der Waals surface area contributed by atoms with Crippen LogP contribution in [0.25, 0.3) is 0 Å². The number of hydrogen-bond acceptors (Lipinski definition) is 6. The molecule has 0 aliphatic rings. The van der Waals surface area contributed by atoms with E-state index >= 15 is 0 Å². The Kier molecular flexibility index (Phi) is 7.55. The van der Waals surface area contributed by atoms with Crippen molar-refractivity contribution in [3.8, 4) is 17.2 Å². The van der Waals surface area contributed by atoms with Crippen LogP contribution in [0.5, 0.6) is 17.2 Å². The highest BCUT2D eigenvalue weighted by molar-refractivity contribution is 7.92. The minimum Gasteiger partial charge on any atom is -0.493 e. The third kappa shape index (κ3) is 5.79. The number of sulfonamides is 1. The number of methoxy groups -OCH3 is 2. The second kappa shape index (κ2) is 9.71. The first-order valence-corrected chi connectivity index (χ1v) is 11.1. The first-order chi connectivity index (χ1) is 14.1. The molecule has 0 N–H and O–H groups in total. The topological polar surface area (TPSA) is 85.4 Å². The molecule has 0 aromatic heterocycles. The van der Waals surface area contributed by atoms with Crippen LogP contribution in [0, 0.1) is 0 Å². The lowest BCUT2D eigenvalue weighted by molar-refractivity contribution is -0.137. The van der Waals surface area contributed by atoms with E-state index in [9.17, 15) is 13.2 Å². The molecule has 2 aromatic carbocycles. The van der Waals surface area contributed by atoms with E-state index in [0.717, 1.165) is 11.8 Å². The maximum atomic E-state index is 12.7. The van der Waals surface area contributed by atoms with Crippen molar-refractivity contribution < 1.29 is 27.4 Å². The van der Waals surface area contributed by atoms with Crippen molar-refractivity contribution in [3.63, 3.8) is 0 Å². The van der Waals surface area contributed by atoms with Crippen molar-refractivity contribution in [3.05, 3.63) is 48.0 Å². The van der Waals surface area contributed by atoms with Gasteiger partial charge in [0.25, 0.3) is 5.91 Å². The van der Waals surface area contributed by atoms with Crippen molar-refractivity contribution in [2.24, 2.45) is 0 Å². The van der Waals surface area contributed by atoms with E-state index < -0.39 is 16.1 Å². The molecule has 0 aliphatic carbocycles. The zero-order valence-electron chi connectivity index (χ0n) is 18.1. The molecule has 1 atom stereocenters. The number of nitrogens with zero attached hydrogens (tertiary/aromatic N) is 2. The fourth-order valence-corrected chi connectivity index (χ4v) is 3.33. The van der Waals surface area contributed by atoms with Gasteiger partial charge in [0.15, 0.2) is 17.6 Å². The van der Waals surface area contributed by atoms with Gasteiger partial charge >= 0.3 is 0 Å². The largest absolute Gasteiger partial charge is 0.493 e. The Morgan fingerprint density at radius 2 is 1.60 bits per heavy atom. The zero-order valence-corrected chi connectivity index (χ0v) is 18.9. The second-order valence-electron chi connectivity index (χ2n) is 6.87. The van der Waals surface area contributed by atoms with Crippen LogP contribution >= 0.6 is 0 Å². The quantitative estimate of drug-likeness (QED) is 0.601. The SMILES string of the molecule is COc1ccc(CN(C)C(=O)[C@@H](C)Oc2ccc(N(C)S(C)(=O)=O)cc2)cc1OC. The Balaban J connectivity index is 2.01. The molecule has 1 amide bonds. The van der Waals surface area contributed by atoms with Crippen LogP contribution in [0.1, 0.15) is 12.5 Å². The summed E-state index contributed by atoms with van der Waals surface area (Å²) in [5.74, 6) is 1.50. The summed E-state index contributed by atoms with van der Waals surface area (Å²) < 4.78 is 40.7. The fourth-order valence-electron chi connectivity index (χ4n) is 2.82. The summed E-state index contributed by atoms with van der Waals surface area (Å²) in [4.78, 5) is 14.3. The van der Waals surface area contributed by atoms with E-state index in [1.54, 1.807) is 63.4 Å². The van der Waals surface area contributed by atoms with Crippen LogP contribution in [0.3, 0.4) is 0 Å². The predicted octanol–water partition coefficient (Wildman–Crippen LogP) is 2.53. The number of likely N-dealkylation sites (N-methyl/N-ethyl adjacent to an activating group) is 1. The average molecular weight is 437 g/mol. The summed E-state index contributed by atoms with van der Waals surface area (Å²) in [6.07, 6.45) is 0.417. The molecular weight excluding hydrogens is 408 g/mol. The molecule has 0 fully saturated rings. The van der Waals surface area contributed by atoms with E-state index in [1.165, 1.54) is 11.4 Å². The van der Waals surface area contributed by atoms with E-state index in [2.05, 4.69) is 0 Å². The maximum absolute atomic E-state index is 12.7. The molecule has 30 heavy (non-hydrogen) atoms. The van der Waals surface area contributed by atoms with Gasteiger partial charge in [-0.2, -0.15) is 0 Å². The number of hydrogen-bond donors (Lipinski definition) is 0. The van der Waals surface area contributed by atoms with Gasteiger partial charge in [-0.15, -0.1) is 0 Å². The number of carbonyl (C=O) groups is 1. The molecule has 8 nitrogen and oxygen atoms in total. The normalized spacial score (nSPS) is 12.1. The van der Waals surface area contributed by atoms with Gasteiger partial charge in [-0.1, -0.05) is 6.07 Å². The summed E-state index contributed by atoms with van der Waals surface area (Å²) in [5.41, 5.74) is 1.40. The van der Waals surface area contributed by atoms with E-state index in [4.69, 9.17) is 14.2 Å². The summed E-state index contributed by atoms with van der Waals surface area (Å²) in [5, 5.41) is 0. The fraction of sp³-hybridized carbons (Fsp3) is 0.381. The Hall–Kier alpha value is -2.94. The van der Waals surface area contributed by atoms with Crippen molar-refractivity contribution in [2.45, 2.75) is 19.6 Å². The molecule has 0 radical (unpaired) electrons. The average Bonchev–Trinajstić information content (AvgIpc) is 2.72. The van der Waals surface area contributed by atoms with Gasteiger partial charge in [0.05, 0.1) is 26.2 Å². The van der Waals surface area contributed by atoms with Gasteiger partial charge in [0.1, 0.15) is 5.75 Å². The number of anilines is 1. The molecule has 0 heterocycles. The third-order valence-electron chi connectivity index (χ3n) is 4.60. The predicted molar refractivity (Wildman–Crippen MR) is 116 cm³/mol. The van der Waals surface area contributed by atoms with E-state index in [0.29, 0.717) is 29.5 Å². The first-order valence-electron chi connectivity index (χ1n) is 9.23. The number of ether oxygens (including phenoxy) is 3. The summed E-state index contributed by atoms with van der Waals surface area (Å²) >= 11 is 0. The molecule has 0 saturated heterocycles. The van der Waals surface area contributed by atoms with E-state index in [1.807, 2.05) is 12.1 Å². The molecule has 9 heteroatoms. The number of rotatable bonds is 9. The first kappa shape index (κ1) is 23.3. The molecule has 0 saturated carbocycles. The van der Waals surface area contributed by atoms with Crippen molar-refractivity contribution in [1.29, 1.82) is 0 Å². The van der Waals surface area contributed by atoms with Crippen LogP contribution in [0.4, 0.5) is 5.69 Å². The standard InChI is InChI=1S/C21H28N2O6S/c1-15(29-18-10-8-17(9-11-18)23(3)30(6,25)26)21(24)22(2)14-16-7-12-19(27-4)20(13-16)28-5/h7-13,15H,14H2,1-6H3/t15-/m1/s1. The van der Waals surface area contributed by atoms with Gasteiger partial charge in [0.2, 0.25) is 10.0 Å². The lowest BCUT2D eigenvalue weighted by Crippen LogP contribution is -2.37. The van der Waals surface area contributed by atoms with E-state index in [-0.39, 0.29) is 5.91 Å². The minimum absolute atomic E-state index is 0.192. The highest BCUT2D eigenvalue weighted by Gasteiger charge is 2.20. The summed E-state index contributed by atoms with van der Waals surface area (Å²) in [6, 6.07) is 12.0. The number of carbonyl (C=O) groups excluding carboxylic acids is 1. The third-order valence-corrected chi connectivity index (χ3v) is 5.81. The highest BCUT2D eigenvalue weighted by atomic mass is 32.2. The van der Waals surface area contributed by atoms with Crippen LogP contribution in [0.15, 0.2) is 42.5 Å². The van der Waals surface area contributed by atoms with Gasteiger partial charge in [-0.3, -0.25) is 9.10 Å². The molecule has 164 valence electrons. The van der Waals surface area contributed by atoms with Crippen LogP contribution in [-0.2, 0) is 21.4 Å². The van der Waals surface area contributed by atoms with Gasteiger partial charge < -0.3 is 19.1 Å². The minimum atomic E-state index is -3.34. The molecule has 0 bridgehead atoms. The molecule has 0 unspecified atom stereocenters. The summed E-state index contributed by atoms with van der Waals surface area (Å²) in [6.45, 7) is 2.05. The van der Waals surface area contributed by atoms with Crippen LogP contribution < -0.4 is 18.5 Å². The molecular formula is C21H28N2O6S. The Morgan fingerprint density at radius 1 is 1.00 bits per heavy atom. The zero-order chi connectivity index (χ0) is 22.5. The maximum Gasteiger partial charge on any atom is 0.263 e. The van der Waals surface area contributed by atoms with Gasteiger partial charge in [-0.25, -0.2) is 8.42 Å². The summed E-state index contributed by atoms with van der Waals surface area (Å²) in [7, 11) is 2.96. The molecule has 0 spiro atoms. The number of benzene rings is 2. The van der Waals surface area contributed by atoms with Gasteiger partial charge in [0, 0.05) is 20.6 Å². The second-order valence-corrected chi connectivity index (χ2v) is 8.88.